The third kappa shape index (κ3) is 6.25. The molecular weight excluding hydrogens is 298 g/mol. The van der Waals surface area contributed by atoms with E-state index in [1.54, 1.807) is 7.11 Å². The van der Waals surface area contributed by atoms with Crippen LogP contribution in [0.2, 0.25) is 0 Å². The van der Waals surface area contributed by atoms with Gasteiger partial charge >= 0.3 is 0 Å². The van der Waals surface area contributed by atoms with Gasteiger partial charge in [-0.25, -0.2) is 0 Å². The Balaban J connectivity index is 1.80. The van der Waals surface area contributed by atoms with E-state index in [2.05, 4.69) is 55.6 Å². The molecule has 3 nitrogen and oxygen atoms in total. The third-order valence-electron chi connectivity index (χ3n) is 3.94. The van der Waals surface area contributed by atoms with E-state index >= 15 is 0 Å². The molecule has 0 aliphatic carbocycles. The highest BCUT2D eigenvalue weighted by atomic mass is 16.5. The molecule has 2 rings (SSSR count). The smallest absolute Gasteiger partial charge is 0.161 e. The van der Waals surface area contributed by atoms with Gasteiger partial charge in [-0.05, 0) is 48.6 Å². The Hall–Kier alpha value is -2.00. The van der Waals surface area contributed by atoms with Crippen LogP contribution in [0, 0.1) is 5.92 Å². The molecule has 130 valence electrons. The van der Waals surface area contributed by atoms with Gasteiger partial charge < -0.3 is 14.8 Å². The van der Waals surface area contributed by atoms with Crippen molar-refractivity contribution in [1.82, 2.24) is 5.32 Å². The van der Waals surface area contributed by atoms with Crippen LogP contribution in [0.25, 0.3) is 0 Å². The number of benzene rings is 2. The highest BCUT2D eigenvalue weighted by molar-refractivity contribution is 5.42. The molecule has 0 saturated heterocycles. The first kappa shape index (κ1) is 18.3. The summed E-state index contributed by atoms with van der Waals surface area (Å²) in [6.07, 6.45) is 2.08. The molecule has 3 heteroatoms. The van der Waals surface area contributed by atoms with Crippen LogP contribution >= 0.6 is 0 Å². The van der Waals surface area contributed by atoms with Crippen molar-refractivity contribution in [2.24, 2.45) is 5.92 Å². The molecule has 0 aliphatic rings. The topological polar surface area (TPSA) is 30.5 Å². The van der Waals surface area contributed by atoms with E-state index in [1.807, 2.05) is 12.1 Å². The van der Waals surface area contributed by atoms with Crippen LogP contribution in [-0.4, -0.2) is 20.3 Å². The molecule has 0 unspecified atom stereocenters. The van der Waals surface area contributed by atoms with E-state index in [0.29, 0.717) is 5.92 Å². The Labute approximate surface area is 146 Å². The zero-order valence-corrected chi connectivity index (χ0v) is 15.0. The molecule has 0 fully saturated rings. The van der Waals surface area contributed by atoms with Crippen LogP contribution in [-0.2, 0) is 13.0 Å². The van der Waals surface area contributed by atoms with Crippen LogP contribution in [0.3, 0.4) is 0 Å². The second-order valence-electron chi connectivity index (χ2n) is 6.43. The van der Waals surface area contributed by atoms with Gasteiger partial charge in [0.25, 0.3) is 0 Å². The van der Waals surface area contributed by atoms with Crippen molar-refractivity contribution in [3.63, 3.8) is 0 Å². The summed E-state index contributed by atoms with van der Waals surface area (Å²) in [6, 6.07) is 16.7. The lowest BCUT2D eigenvalue weighted by molar-refractivity contribution is 0.273. The van der Waals surface area contributed by atoms with Crippen molar-refractivity contribution in [3.05, 3.63) is 59.7 Å². The molecular formula is C21H29NO2. The summed E-state index contributed by atoms with van der Waals surface area (Å²) >= 11 is 0. The average molecular weight is 327 g/mol. The maximum absolute atomic E-state index is 5.83. The zero-order valence-electron chi connectivity index (χ0n) is 15.0. The Morgan fingerprint density at radius 1 is 0.958 bits per heavy atom. The van der Waals surface area contributed by atoms with Gasteiger partial charge in [-0.3, -0.25) is 0 Å². The van der Waals surface area contributed by atoms with Gasteiger partial charge in [0.05, 0.1) is 13.7 Å². The Morgan fingerprint density at radius 2 is 1.75 bits per heavy atom. The van der Waals surface area contributed by atoms with E-state index < -0.39 is 0 Å². The average Bonchev–Trinajstić information content (AvgIpc) is 2.60. The maximum Gasteiger partial charge on any atom is 0.161 e. The van der Waals surface area contributed by atoms with Crippen LogP contribution < -0.4 is 14.8 Å². The van der Waals surface area contributed by atoms with Gasteiger partial charge in [-0.15, -0.1) is 0 Å². The van der Waals surface area contributed by atoms with Crippen molar-refractivity contribution in [2.45, 2.75) is 33.2 Å². The molecule has 0 saturated carbocycles. The highest BCUT2D eigenvalue weighted by Gasteiger charge is 2.06. The minimum absolute atomic E-state index is 0.643. The fourth-order valence-corrected chi connectivity index (χ4v) is 2.46. The molecule has 24 heavy (non-hydrogen) atoms. The minimum atomic E-state index is 0.643. The van der Waals surface area contributed by atoms with E-state index in [0.717, 1.165) is 44.0 Å². The first-order valence-corrected chi connectivity index (χ1v) is 8.73. The number of methoxy groups -OCH3 is 1. The predicted octanol–water partition coefficient (Wildman–Crippen LogP) is 4.45. The maximum atomic E-state index is 5.83. The number of nitrogens with one attached hydrogen (secondary N) is 1. The monoisotopic (exact) mass is 327 g/mol. The number of hydrogen-bond acceptors (Lipinski definition) is 3. The largest absolute Gasteiger partial charge is 0.493 e. The van der Waals surface area contributed by atoms with E-state index in [9.17, 15) is 0 Å². The lowest BCUT2D eigenvalue weighted by Gasteiger charge is -2.13. The van der Waals surface area contributed by atoms with E-state index in [1.165, 1.54) is 11.1 Å². The normalized spacial score (nSPS) is 10.8. The Kier molecular flexibility index (Phi) is 7.63. The van der Waals surface area contributed by atoms with Crippen LogP contribution in [0.15, 0.2) is 48.5 Å². The molecule has 0 amide bonds. The quantitative estimate of drug-likeness (QED) is 0.654. The summed E-state index contributed by atoms with van der Waals surface area (Å²) < 4.78 is 11.3. The van der Waals surface area contributed by atoms with Crippen LogP contribution in [0.1, 0.15) is 31.4 Å². The van der Waals surface area contributed by atoms with Gasteiger partial charge in [0.15, 0.2) is 11.5 Å². The van der Waals surface area contributed by atoms with Gasteiger partial charge in [0.2, 0.25) is 0 Å². The molecule has 2 aromatic carbocycles. The van der Waals surface area contributed by atoms with Crippen molar-refractivity contribution < 1.29 is 9.47 Å². The van der Waals surface area contributed by atoms with E-state index in [4.69, 9.17) is 9.47 Å². The zero-order chi connectivity index (χ0) is 17.2. The Morgan fingerprint density at radius 3 is 2.46 bits per heavy atom. The lowest BCUT2D eigenvalue weighted by Crippen LogP contribution is -2.16. The third-order valence-corrected chi connectivity index (χ3v) is 3.94. The van der Waals surface area contributed by atoms with Gasteiger partial charge in [-0.1, -0.05) is 50.2 Å². The summed E-state index contributed by atoms with van der Waals surface area (Å²) in [5.41, 5.74) is 2.56. The van der Waals surface area contributed by atoms with Crippen LogP contribution in [0.5, 0.6) is 11.5 Å². The summed E-state index contributed by atoms with van der Waals surface area (Å²) in [6.45, 7) is 6.91. The first-order valence-electron chi connectivity index (χ1n) is 8.73. The molecule has 0 bridgehead atoms. The molecule has 0 radical (unpaired) electrons. The molecule has 0 atom stereocenters. The molecule has 0 spiro atoms. The minimum Gasteiger partial charge on any atom is -0.493 e. The first-order chi connectivity index (χ1) is 11.7. The summed E-state index contributed by atoms with van der Waals surface area (Å²) in [7, 11) is 1.69. The summed E-state index contributed by atoms with van der Waals surface area (Å²) in [4.78, 5) is 0. The van der Waals surface area contributed by atoms with Crippen LogP contribution in [0.4, 0.5) is 0 Å². The van der Waals surface area contributed by atoms with Gasteiger partial charge in [-0.2, -0.15) is 0 Å². The molecule has 0 heterocycles. The second-order valence-corrected chi connectivity index (χ2v) is 6.43. The number of rotatable bonds is 10. The van der Waals surface area contributed by atoms with Crippen molar-refractivity contribution >= 4 is 0 Å². The lowest BCUT2D eigenvalue weighted by atomic mass is 10.1. The van der Waals surface area contributed by atoms with Crippen molar-refractivity contribution in [3.8, 4) is 11.5 Å². The fraction of sp³-hybridized carbons (Fsp3) is 0.429. The van der Waals surface area contributed by atoms with Gasteiger partial charge in [0.1, 0.15) is 0 Å². The van der Waals surface area contributed by atoms with Gasteiger partial charge in [0, 0.05) is 6.54 Å². The summed E-state index contributed by atoms with van der Waals surface area (Å²) in [5.74, 6) is 2.27. The SMILES string of the molecule is COc1cc(CNCCc2ccccc2)ccc1OCCC(C)C. The molecule has 2 aromatic rings. The fourth-order valence-electron chi connectivity index (χ4n) is 2.46. The van der Waals surface area contributed by atoms with E-state index in [-0.39, 0.29) is 0 Å². The predicted molar refractivity (Wildman–Crippen MR) is 99.8 cm³/mol. The summed E-state index contributed by atoms with van der Waals surface area (Å²) in [5, 5.41) is 3.48. The number of hydrogen-bond donors (Lipinski definition) is 1. The number of ether oxygens (including phenoxy) is 2. The highest BCUT2D eigenvalue weighted by Crippen LogP contribution is 2.28. The Bertz CT molecular complexity index is 596. The molecule has 0 aromatic heterocycles. The molecule has 1 N–H and O–H groups in total. The van der Waals surface area contributed by atoms with Crippen molar-refractivity contribution in [1.29, 1.82) is 0 Å². The van der Waals surface area contributed by atoms with Crippen molar-refractivity contribution in [2.75, 3.05) is 20.3 Å². The standard InChI is InChI=1S/C21H29NO2/c1-17(2)12-14-24-20-10-9-19(15-21(20)23-3)16-22-13-11-18-7-5-4-6-8-18/h4-10,15,17,22H,11-14,16H2,1-3H3. The molecule has 0 aliphatic heterocycles. The second kappa shape index (κ2) is 9.99.